The van der Waals surface area contributed by atoms with Crippen LogP contribution in [-0.2, 0) is 11.2 Å². The molecule has 1 rings (SSSR count). The summed E-state index contributed by atoms with van der Waals surface area (Å²) in [4.78, 5) is 10.7. The van der Waals surface area contributed by atoms with Crippen LogP contribution in [0.4, 0.5) is 0 Å². The lowest BCUT2D eigenvalue weighted by molar-refractivity contribution is -0.116. The monoisotopic (exact) mass is 168 g/mol. The van der Waals surface area contributed by atoms with Crippen molar-refractivity contribution < 1.29 is 9.21 Å². The Bertz CT molecular complexity index is 278. The summed E-state index contributed by atoms with van der Waals surface area (Å²) in [5, 5.41) is 7.54. The van der Waals surface area contributed by atoms with E-state index in [1.165, 1.54) is 6.92 Å². The van der Waals surface area contributed by atoms with E-state index in [1.54, 1.807) is 0 Å². The first kappa shape index (κ1) is 8.90. The van der Waals surface area contributed by atoms with Gasteiger partial charge in [0.05, 0.1) is 6.42 Å². The molecular formula is C8H12N2O2. The molecule has 4 heteroatoms. The molecule has 1 aromatic heterocycles. The molecule has 0 amide bonds. The third-order valence-electron chi connectivity index (χ3n) is 1.38. The van der Waals surface area contributed by atoms with Gasteiger partial charge in [-0.1, -0.05) is 13.8 Å². The van der Waals surface area contributed by atoms with Crippen molar-refractivity contribution >= 4 is 5.78 Å². The molecule has 0 aromatic carbocycles. The first-order chi connectivity index (χ1) is 5.59. The largest absolute Gasteiger partial charge is 0.425 e. The van der Waals surface area contributed by atoms with Crippen LogP contribution in [0, 0.1) is 0 Å². The van der Waals surface area contributed by atoms with Crippen LogP contribution in [0.25, 0.3) is 0 Å². The molecule has 0 saturated carbocycles. The van der Waals surface area contributed by atoms with E-state index >= 15 is 0 Å². The van der Waals surface area contributed by atoms with Crippen LogP contribution < -0.4 is 0 Å². The first-order valence-electron chi connectivity index (χ1n) is 3.91. The highest BCUT2D eigenvalue weighted by Crippen LogP contribution is 2.11. The predicted octanol–water partition coefficient (Wildman–Crippen LogP) is 1.32. The van der Waals surface area contributed by atoms with Crippen molar-refractivity contribution in [1.29, 1.82) is 0 Å². The Labute approximate surface area is 71.0 Å². The van der Waals surface area contributed by atoms with Crippen LogP contribution in [0.15, 0.2) is 4.42 Å². The van der Waals surface area contributed by atoms with E-state index in [1.807, 2.05) is 13.8 Å². The van der Waals surface area contributed by atoms with E-state index in [9.17, 15) is 4.79 Å². The Morgan fingerprint density at radius 3 is 2.58 bits per heavy atom. The molecular weight excluding hydrogens is 156 g/mol. The van der Waals surface area contributed by atoms with Crippen molar-refractivity contribution in [3.63, 3.8) is 0 Å². The molecule has 66 valence electrons. The third-order valence-corrected chi connectivity index (χ3v) is 1.38. The summed E-state index contributed by atoms with van der Waals surface area (Å²) in [6.45, 7) is 5.43. The van der Waals surface area contributed by atoms with E-state index in [2.05, 4.69) is 10.2 Å². The van der Waals surface area contributed by atoms with Crippen molar-refractivity contribution in [2.45, 2.75) is 33.1 Å². The van der Waals surface area contributed by atoms with Crippen molar-refractivity contribution in [3.8, 4) is 0 Å². The summed E-state index contributed by atoms with van der Waals surface area (Å²) in [6, 6.07) is 0. The second-order valence-electron chi connectivity index (χ2n) is 3.07. The van der Waals surface area contributed by atoms with Crippen molar-refractivity contribution in [1.82, 2.24) is 10.2 Å². The molecule has 4 nitrogen and oxygen atoms in total. The van der Waals surface area contributed by atoms with E-state index in [0.29, 0.717) is 11.8 Å². The lowest BCUT2D eigenvalue weighted by atomic mass is 10.2. The fraction of sp³-hybridized carbons (Fsp3) is 0.625. The summed E-state index contributed by atoms with van der Waals surface area (Å²) >= 11 is 0. The van der Waals surface area contributed by atoms with Gasteiger partial charge < -0.3 is 4.42 Å². The van der Waals surface area contributed by atoms with E-state index in [4.69, 9.17) is 4.42 Å². The molecule has 0 spiro atoms. The Kier molecular flexibility index (Phi) is 2.58. The maximum Gasteiger partial charge on any atom is 0.223 e. The van der Waals surface area contributed by atoms with Gasteiger partial charge in [0.2, 0.25) is 11.8 Å². The summed E-state index contributed by atoms with van der Waals surface area (Å²) in [6.07, 6.45) is 0.236. The minimum absolute atomic E-state index is 0.0361. The number of aromatic nitrogens is 2. The second kappa shape index (κ2) is 3.47. The smallest absolute Gasteiger partial charge is 0.223 e. The summed E-state index contributed by atoms with van der Waals surface area (Å²) < 4.78 is 5.21. The van der Waals surface area contributed by atoms with Crippen LogP contribution in [0.3, 0.4) is 0 Å². The number of nitrogens with zero attached hydrogens (tertiary/aromatic N) is 2. The van der Waals surface area contributed by atoms with Crippen molar-refractivity contribution in [2.75, 3.05) is 0 Å². The quantitative estimate of drug-likeness (QED) is 0.683. The number of carbonyl (C=O) groups is 1. The molecule has 0 fully saturated rings. The fourth-order valence-corrected chi connectivity index (χ4v) is 0.784. The van der Waals surface area contributed by atoms with Gasteiger partial charge in [0.1, 0.15) is 5.78 Å². The number of rotatable bonds is 3. The van der Waals surface area contributed by atoms with Crippen LogP contribution in [0.1, 0.15) is 38.5 Å². The Hall–Kier alpha value is -1.19. The normalized spacial score (nSPS) is 10.7. The average Bonchev–Trinajstić information content (AvgIpc) is 2.34. The van der Waals surface area contributed by atoms with Gasteiger partial charge in [-0.25, -0.2) is 0 Å². The molecule has 0 saturated heterocycles. The molecule has 1 aromatic rings. The van der Waals surface area contributed by atoms with E-state index in [0.717, 1.165) is 0 Å². The highest BCUT2D eigenvalue weighted by Gasteiger charge is 2.10. The first-order valence-corrected chi connectivity index (χ1v) is 3.91. The molecule has 0 aliphatic carbocycles. The molecule has 1 heterocycles. The van der Waals surface area contributed by atoms with Crippen LogP contribution in [-0.4, -0.2) is 16.0 Å². The third kappa shape index (κ3) is 2.15. The molecule has 0 aliphatic heterocycles. The lowest BCUT2D eigenvalue weighted by Gasteiger charge is -1.93. The van der Waals surface area contributed by atoms with Gasteiger partial charge in [-0.2, -0.15) is 0 Å². The standard InChI is InChI=1S/C8H12N2O2/c1-5(2)8-10-9-7(12-8)4-6(3)11/h5H,4H2,1-3H3. The molecule has 0 radical (unpaired) electrons. The van der Waals surface area contributed by atoms with Gasteiger partial charge in [-0.3, -0.25) is 4.79 Å². The molecule has 0 unspecified atom stereocenters. The molecule has 0 bridgehead atoms. The molecule has 0 N–H and O–H groups in total. The topological polar surface area (TPSA) is 56.0 Å². The predicted molar refractivity (Wildman–Crippen MR) is 42.8 cm³/mol. The minimum Gasteiger partial charge on any atom is -0.425 e. The fourth-order valence-electron chi connectivity index (χ4n) is 0.784. The van der Waals surface area contributed by atoms with E-state index < -0.39 is 0 Å². The minimum atomic E-state index is 0.0361. The zero-order valence-corrected chi connectivity index (χ0v) is 7.50. The van der Waals surface area contributed by atoms with Crippen molar-refractivity contribution in [2.24, 2.45) is 0 Å². The zero-order valence-electron chi connectivity index (χ0n) is 7.50. The number of carbonyl (C=O) groups excluding carboxylic acids is 1. The highest BCUT2D eigenvalue weighted by molar-refractivity contribution is 5.77. The maximum atomic E-state index is 10.7. The van der Waals surface area contributed by atoms with Crippen LogP contribution >= 0.6 is 0 Å². The van der Waals surface area contributed by atoms with Gasteiger partial charge in [0, 0.05) is 5.92 Å². The number of ketones is 1. The number of hydrogen-bond donors (Lipinski definition) is 0. The van der Waals surface area contributed by atoms with Crippen LogP contribution in [0.5, 0.6) is 0 Å². The highest BCUT2D eigenvalue weighted by atomic mass is 16.4. The Morgan fingerprint density at radius 2 is 2.17 bits per heavy atom. The summed E-state index contributed by atoms with van der Waals surface area (Å²) in [5.74, 6) is 1.25. The Balaban J connectivity index is 2.70. The number of Topliss-reactive ketones (excluding diaryl/α,β-unsaturated/α-hetero) is 1. The number of hydrogen-bond acceptors (Lipinski definition) is 4. The maximum absolute atomic E-state index is 10.7. The van der Waals surface area contributed by atoms with Gasteiger partial charge in [0.15, 0.2) is 0 Å². The molecule has 0 atom stereocenters. The average molecular weight is 168 g/mol. The van der Waals surface area contributed by atoms with Crippen LogP contribution in [0.2, 0.25) is 0 Å². The second-order valence-corrected chi connectivity index (χ2v) is 3.07. The van der Waals surface area contributed by atoms with Gasteiger partial charge in [-0.05, 0) is 6.92 Å². The van der Waals surface area contributed by atoms with E-state index in [-0.39, 0.29) is 18.1 Å². The summed E-state index contributed by atoms with van der Waals surface area (Å²) in [7, 11) is 0. The molecule has 12 heavy (non-hydrogen) atoms. The van der Waals surface area contributed by atoms with Gasteiger partial charge >= 0.3 is 0 Å². The zero-order chi connectivity index (χ0) is 9.14. The van der Waals surface area contributed by atoms with Crippen molar-refractivity contribution in [3.05, 3.63) is 11.8 Å². The summed E-state index contributed by atoms with van der Waals surface area (Å²) in [5.41, 5.74) is 0. The molecule has 0 aliphatic rings. The van der Waals surface area contributed by atoms with Gasteiger partial charge in [-0.15, -0.1) is 10.2 Å². The SMILES string of the molecule is CC(=O)Cc1nnc(C(C)C)o1. The van der Waals surface area contributed by atoms with Gasteiger partial charge in [0.25, 0.3) is 0 Å². The lowest BCUT2D eigenvalue weighted by Crippen LogP contribution is -1.95. The Morgan fingerprint density at radius 1 is 1.50 bits per heavy atom.